The summed E-state index contributed by atoms with van der Waals surface area (Å²) in [6.45, 7) is 10.5. The molecule has 0 aromatic carbocycles. The summed E-state index contributed by atoms with van der Waals surface area (Å²) in [5.74, 6) is -2.00. The highest BCUT2D eigenvalue weighted by molar-refractivity contribution is 7.09. The van der Waals surface area contributed by atoms with Crippen LogP contribution in [0, 0.1) is 5.92 Å². The zero-order valence-corrected chi connectivity index (χ0v) is 19.6. The lowest BCUT2D eigenvalue weighted by atomic mass is 10.0. The largest absolute Gasteiger partial charge is 0.467 e. The van der Waals surface area contributed by atoms with Gasteiger partial charge in [-0.15, -0.1) is 11.3 Å². The fourth-order valence-corrected chi connectivity index (χ4v) is 2.96. The van der Waals surface area contributed by atoms with Gasteiger partial charge in [-0.3, -0.25) is 9.59 Å². The molecule has 0 unspecified atom stereocenters. The number of rotatable bonds is 8. The van der Waals surface area contributed by atoms with E-state index in [4.69, 9.17) is 9.47 Å². The lowest BCUT2D eigenvalue weighted by Gasteiger charge is -2.20. The third-order valence-corrected chi connectivity index (χ3v) is 4.61. The standard InChI is InChI=1S/C20H30N4O6S/c1-8-12(16(25)24-15(11(2)3)18(27)29-7)23-17(26)13-10-31-14(22-13)9-21-19(28)30-20(4,5)6/h8,10-11,15H,9H2,1-7H3,(H,21,28)(H,23,26)(H,24,25)/b12-8-/t15-/m0/s1. The Hall–Kier alpha value is -2.95. The minimum Gasteiger partial charge on any atom is -0.467 e. The summed E-state index contributed by atoms with van der Waals surface area (Å²) in [6, 6.07) is -0.853. The Kier molecular flexibility index (Phi) is 9.63. The topological polar surface area (TPSA) is 136 Å². The second-order valence-corrected chi connectivity index (χ2v) is 8.80. The van der Waals surface area contributed by atoms with Crippen LogP contribution in [0.1, 0.15) is 57.0 Å². The molecular weight excluding hydrogens is 424 g/mol. The van der Waals surface area contributed by atoms with E-state index in [9.17, 15) is 19.2 Å². The molecule has 0 aliphatic rings. The van der Waals surface area contributed by atoms with E-state index in [-0.39, 0.29) is 23.9 Å². The highest BCUT2D eigenvalue weighted by Crippen LogP contribution is 2.12. The van der Waals surface area contributed by atoms with E-state index < -0.39 is 35.5 Å². The van der Waals surface area contributed by atoms with Crippen LogP contribution < -0.4 is 16.0 Å². The van der Waals surface area contributed by atoms with Crippen LogP contribution in [0.5, 0.6) is 0 Å². The number of carbonyl (C=O) groups is 4. The number of ether oxygens (including phenoxy) is 2. The lowest BCUT2D eigenvalue weighted by molar-refractivity contribution is -0.146. The molecule has 3 N–H and O–H groups in total. The van der Waals surface area contributed by atoms with E-state index in [2.05, 4.69) is 20.9 Å². The third kappa shape index (κ3) is 8.75. The maximum atomic E-state index is 12.5. The number of methoxy groups -OCH3 is 1. The van der Waals surface area contributed by atoms with Gasteiger partial charge in [-0.2, -0.15) is 0 Å². The Bertz CT molecular complexity index is 841. The van der Waals surface area contributed by atoms with Gasteiger partial charge in [-0.25, -0.2) is 14.6 Å². The van der Waals surface area contributed by atoms with Gasteiger partial charge in [0.25, 0.3) is 11.8 Å². The molecule has 0 aliphatic carbocycles. The monoisotopic (exact) mass is 454 g/mol. The zero-order valence-electron chi connectivity index (χ0n) is 18.8. The van der Waals surface area contributed by atoms with Crippen LogP contribution in [0.25, 0.3) is 0 Å². The van der Waals surface area contributed by atoms with E-state index in [1.165, 1.54) is 29.9 Å². The van der Waals surface area contributed by atoms with Crippen LogP contribution in [0.4, 0.5) is 4.79 Å². The number of nitrogens with zero attached hydrogens (tertiary/aromatic N) is 1. The minimum absolute atomic E-state index is 0.0269. The highest BCUT2D eigenvalue weighted by Gasteiger charge is 2.27. The number of thiazole rings is 1. The molecule has 0 bridgehead atoms. The number of amides is 3. The molecule has 1 heterocycles. The molecule has 172 valence electrons. The van der Waals surface area contributed by atoms with Crippen LogP contribution in [0.2, 0.25) is 0 Å². The van der Waals surface area contributed by atoms with Crippen LogP contribution in [-0.2, 0) is 25.6 Å². The van der Waals surface area contributed by atoms with Gasteiger partial charge >= 0.3 is 12.1 Å². The molecule has 0 radical (unpaired) electrons. The molecule has 3 amide bonds. The Labute approximate surface area is 185 Å². The summed E-state index contributed by atoms with van der Waals surface area (Å²) >= 11 is 1.18. The maximum Gasteiger partial charge on any atom is 0.408 e. The molecule has 0 saturated heterocycles. The van der Waals surface area contributed by atoms with Crippen molar-refractivity contribution in [1.82, 2.24) is 20.9 Å². The van der Waals surface area contributed by atoms with Crippen LogP contribution in [-0.4, -0.2) is 47.6 Å². The molecule has 1 atom stereocenters. The van der Waals surface area contributed by atoms with Crippen molar-refractivity contribution < 1.29 is 28.7 Å². The van der Waals surface area contributed by atoms with Crippen molar-refractivity contribution in [3.05, 3.63) is 27.9 Å². The summed E-state index contributed by atoms with van der Waals surface area (Å²) in [6.07, 6.45) is 0.825. The smallest absolute Gasteiger partial charge is 0.408 e. The molecule has 1 aromatic heterocycles. The summed E-state index contributed by atoms with van der Waals surface area (Å²) in [5, 5.41) is 9.61. The van der Waals surface area contributed by atoms with Crippen molar-refractivity contribution in [2.45, 2.75) is 59.7 Å². The predicted octanol–water partition coefficient (Wildman–Crippen LogP) is 2.12. The fourth-order valence-electron chi connectivity index (χ4n) is 2.25. The van der Waals surface area contributed by atoms with Gasteiger partial charge < -0.3 is 25.4 Å². The van der Waals surface area contributed by atoms with Crippen molar-refractivity contribution >= 4 is 35.2 Å². The SMILES string of the molecule is C/C=C(\NC(=O)c1csc(CNC(=O)OC(C)(C)C)n1)C(=O)N[C@H](C(=O)OC)C(C)C. The molecule has 1 aromatic rings. The van der Waals surface area contributed by atoms with Gasteiger partial charge in [0.1, 0.15) is 28.0 Å². The van der Waals surface area contributed by atoms with Gasteiger partial charge in [-0.05, 0) is 33.6 Å². The average molecular weight is 455 g/mol. The van der Waals surface area contributed by atoms with Gasteiger partial charge in [0.2, 0.25) is 0 Å². The van der Waals surface area contributed by atoms with E-state index in [0.29, 0.717) is 5.01 Å². The zero-order chi connectivity index (χ0) is 23.8. The normalized spacial score (nSPS) is 12.7. The first-order chi connectivity index (χ1) is 14.4. The van der Waals surface area contributed by atoms with E-state index >= 15 is 0 Å². The number of nitrogens with one attached hydrogen (secondary N) is 3. The van der Waals surface area contributed by atoms with Crippen molar-refractivity contribution in [3.63, 3.8) is 0 Å². The molecular formula is C20H30N4O6S. The van der Waals surface area contributed by atoms with Crippen LogP contribution in [0.15, 0.2) is 17.2 Å². The molecule has 0 saturated carbocycles. The van der Waals surface area contributed by atoms with Gasteiger partial charge in [0, 0.05) is 5.38 Å². The average Bonchev–Trinajstić information content (AvgIpc) is 3.15. The number of hydrogen-bond donors (Lipinski definition) is 3. The first-order valence-corrected chi connectivity index (χ1v) is 10.5. The van der Waals surface area contributed by atoms with E-state index in [1.807, 2.05) is 0 Å². The Morgan fingerprint density at radius 1 is 1.23 bits per heavy atom. The molecule has 11 heteroatoms. The highest BCUT2D eigenvalue weighted by atomic mass is 32.1. The Balaban J connectivity index is 2.72. The first-order valence-electron chi connectivity index (χ1n) is 9.65. The maximum absolute atomic E-state index is 12.5. The fraction of sp³-hybridized carbons (Fsp3) is 0.550. The van der Waals surface area contributed by atoms with Gasteiger partial charge in [0.15, 0.2) is 0 Å². The number of allylic oxidation sites excluding steroid dienone is 1. The summed E-state index contributed by atoms with van der Waals surface area (Å²) in [4.78, 5) is 52.7. The summed E-state index contributed by atoms with van der Waals surface area (Å²) in [5.41, 5.74) is -0.559. The van der Waals surface area contributed by atoms with Crippen molar-refractivity contribution in [1.29, 1.82) is 0 Å². The number of alkyl carbamates (subject to hydrolysis) is 1. The molecule has 0 fully saturated rings. The van der Waals surface area contributed by atoms with Crippen LogP contribution in [0.3, 0.4) is 0 Å². The Morgan fingerprint density at radius 2 is 1.87 bits per heavy atom. The van der Waals surface area contributed by atoms with Gasteiger partial charge in [-0.1, -0.05) is 19.9 Å². The van der Waals surface area contributed by atoms with Crippen molar-refractivity contribution in [2.75, 3.05) is 7.11 Å². The van der Waals surface area contributed by atoms with E-state index in [1.54, 1.807) is 41.5 Å². The predicted molar refractivity (Wildman–Crippen MR) is 115 cm³/mol. The van der Waals surface area contributed by atoms with Crippen LogP contribution >= 0.6 is 11.3 Å². The second kappa shape index (κ2) is 11.4. The van der Waals surface area contributed by atoms with Crippen molar-refractivity contribution in [3.8, 4) is 0 Å². The number of carbonyl (C=O) groups excluding carboxylic acids is 4. The molecule has 1 rings (SSSR count). The number of hydrogen-bond acceptors (Lipinski definition) is 8. The second-order valence-electron chi connectivity index (χ2n) is 7.86. The Morgan fingerprint density at radius 3 is 2.39 bits per heavy atom. The first kappa shape index (κ1) is 26.1. The van der Waals surface area contributed by atoms with E-state index in [0.717, 1.165) is 0 Å². The number of esters is 1. The molecule has 31 heavy (non-hydrogen) atoms. The number of aromatic nitrogens is 1. The quantitative estimate of drug-likeness (QED) is 0.404. The third-order valence-electron chi connectivity index (χ3n) is 3.76. The van der Waals surface area contributed by atoms with Crippen molar-refractivity contribution in [2.24, 2.45) is 5.92 Å². The summed E-state index contributed by atoms with van der Waals surface area (Å²) < 4.78 is 9.84. The lowest BCUT2D eigenvalue weighted by Crippen LogP contribution is -2.47. The molecule has 0 spiro atoms. The molecule has 10 nitrogen and oxygen atoms in total. The van der Waals surface area contributed by atoms with Gasteiger partial charge in [0.05, 0.1) is 13.7 Å². The summed E-state index contributed by atoms with van der Waals surface area (Å²) in [7, 11) is 1.24. The molecule has 0 aliphatic heterocycles. The minimum atomic E-state index is -0.853.